The Morgan fingerprint density at radius 2 is 1.85 bits per heavy atom. The molecule has 1 fully saturated rings. The van der Waals surface area contributed by atoms with Crippen LogP contribution in [0.2, 0.25) is 0 Å². The Balaban J connectivity index is 2.34. The molecule has 0 bridgehead atoms. The molecule has 0 aromatic heterocycles. The second-order valence-electron chi connectivity index (χ2n) is 6.18. The maximum Gasteiger partial charge on any atom is 0.234 e. The molecule has 1 unspecified atom stereocenters. The summed E-state index contributed by atoms with van der Waals surface area (Å²) >= 11 is 0. The Labute approximate surface area is 122 Å². The number of nitrogens with zero attached hydrogens (tertiary/aromatic N) is 1. The van der Waals surface area contributed by atoms with Crippen molar-refractivity contribution < 1.29 is 9.59 Å². The van der Waals surface area contributed by atoms with Gasteiger partial charge in [-0.15, -0.1) is 0 Å². The fourth-order valence-electron chi connectivity index (χ4n) is 2.80. The van der Waals surface area contributed by atoms with E-state index in [-0.39, 0.29) is 23.7 Å². The molecule has 0 spiro atoms. The molecular formula is C15H29N3O2. The van der Waals surface area contributed by atoms with Gasteiger partial charge in [-0.2, -0.15) is 0 Å². The van der Waals surface area contributed by atoms with Crippen molar-refractivity contribution >= 4 is 11.7 Å². The number of amides is 1. The van der Waals surface area contributed by atoms with Crippen LogP contribution in [0.5, 0.6) is 0 Å². The zero-order valence-corrected chi connectivity index (χ0v) is 13.2. The number of nitrogens with one attached hydrogen (secondary N) is 2. The van der Waals surface area contributed by atoms with Crippen LogP contribution < -0.4 is 10.6 Å². The molecule has 1 aliphatic heterocycles. The number of hydrogen-bond donors (Lipinski definition) is 2. The van der Waals surface area contributed by atoms with Crippen molar-refractivity contribution in [3.05, 3.63) is 0 Å². The summed E-state index contributed by atoms with van der Waals surface area (Å²) in [6.45, 7) is 8.83. The highest BCUT2D eigenvalue weighted by Crippen LogP contribution is 2.15. The molecule has 0 aliphatic carbocycles. The molecule has 116 valence electrons. The van der Waals surface area contributed by atoms with Crippen molar-refractivity contribution in [1.29, 1.82) is 0 Å². The van der Waals surface area contributed by atoms with E-state index in [9.17, 15) is 9.59 Å². The quantitative estimate of drug-likeness (QED) is 0.720. The smallest absolute Gasteiger partial charge is 0.234 e. The van der Waals surface area contributed by atoms with Crippen molar-refractivity contribution in [2.75, 3.05) is 33.2 Å². The lowest BCUT2D eigenvalue weighted by atomic mass is 9.97. The molecule has 5 heteroatoms. The van der Waals surface area contributed by atoms with Crippen LogP contribution in [0.25, 0.3) is 0 Å². The Kier molecular flexibility index (Phi) is 7.16. The number of Topliss-reactive ketones (excluding diaryl/α,β-unsaturated/α-hetero) is 1. The summed E-state index contributed by atoms with van der Waals surface area (Å²) in [5.74, 6) is 0.852. The Bertz CT molecular complexity index is 323. The number of hydrogen-bond acceptors (Lipinski definition) is 4. The lowest BCUT2D eigenvalue weighted by Crippen LogP contribution is -2.48. The second kappa shape index (κ2) is 8.37. The standard InChI is InChI=1S/C15H29N3O2/c1-11(2)15(12(3)19)17-14(20)10-18-7-5-13(6-8-18)9-16-4/h11,13,15-16H,5-10H2,1-4H3,(H,17,20). The van der Waals surface area contributed by atoms with Gasteiger partial charge in [0.15, 0.2) is 5.78 Å². The maximum atomic E-state index is 12.0. The molecule has 0 radical (unpaired) electrons. The Morgan fingerprint density at radius 3 is 2.30 bits per heavy atom. The van der Waals surface area contributed by atoms with Crippen molar-refractivity contribution in [3.8, 4) is 0 Å². The largest absolute Gasteiger partial charge is 0.345 e. The third-order valence-corrected chi connectivity index (χ3v) is 3.99. The van der Waals surface area contributed by atoms with Gasteiger partial charge in [-0.1, -0.05) is 13.8 Å². The predicted molar refractivity (Wildman–Crippen MR) is 80.5 cm³/mol. The third-order valence-electron chi connectivity index (χ3n) is 3.99. The highest BCUT2D eigenvalue weighted by molar-refractivity contribution is 5.88. The summed E-state index contributed by atoms with van der Waals surface area (Å²) in [6, 6.07) is -0.357. The molecule has 1 aliphatic rings. The van der Waals surface area contributed by atoms with Crippen LogP contribution in [0.15, 0.2) is 0 Å². The average molecular weight is 283 g/mol. The van der Waals surface area contributed by atoms with E-state index in [4.69, 9.17) is 0 Å². The summed E-state index contributed by atoms with van der Waals surface area (Å²) in [4.78, 5) is 25.7. The van der Waals surface area contributed by atoms with Crippen LogP contribution in [0, 0.1) is 11.8 Å². The summed E-state index contributed by atoms with van der Waals surface area (Å²) in [6.07, 6.45) is 2.27. The van der Waals surface area contributed by atoms with Gasteiger partial charge >= 0.3 is 0 Å². The lowest BCUT2D eigenvalue weighted by molar-refractivity contribution is -0.128. The molecule has 20 heavy (non-hydrogen) atoms. The zero-order chi connectivity index (χ0) is 15.1. The maximum absolute atomic E-state index is 12.0. The topological polar surface area (TPSA) is 61.4 Å². The van der Waals surface area contributed by atoms with E-state index >= 15 is 0 Å². The number of carbonyl (C=O) groups excluding carboxylic acids is 2. The number of carbonyl (C=O) groups is 2. The van der Waals surface area contributed by atoms with Gasteiger partial charge in [0.25, 0.3) is 0 Å². The molecule has 2 N–H and O–H groups in total. The molecule has 1 amide bonds. The molecule has 0 saturated carbocycles. The molecule has 0 aromatic rings. The van der Waals surface area contributed by atoms with Crippen molar-refractivity contribution in [2.45, 2.75) is 39.7 Å². The number of piperidine rings is 1. The van der Waals surface area contributed by atoms with Crippen LogP contribution >= 0.6 is 0 Å². The number of rotatable bonds is 7. The fourth-order valence-corrected chi connectivity index (χ4v) is 2.80. The molecular weight excluding hydrogens is 254 g/mol. The van der Waals surface area contributed by atoms with Crippen molar-refractivity contribution in [1.82, 2.24) is 15.5 Å². The van der Waals surface area contributed by atoms with E-state index in [1.54, 1.807) is 0 Å². The van der Waals surface area contributed by atoms with Crippen LogP contribution in [0.1, 0.15) is 33.6 Å². The Hall–Kier alpha value is -0.940. The third kappa shape index (κ3) is 5.59. The van der Waals surface area contributed by atoms with Crippen molar-refractivity contribution in [2.24, 2.45) is 11.8 Å². The van der Waals surface area contributed by atoms with Gasteiger partial charge < -0.3 is 10.6 Å². The van der Waals surface area contributed by atoms with Gasteiger partial charge in [-0.05, 0) is 58.3 Å². The summed E-state index contributed by atoms with van der Waals surface area (Å²) in [5.41, 5.74) is 0. The van der Waals surface area contributed by atoms with Crippen molar-refractivity contribution in [3.63, 3.8) is 0 Å². The van der Waals surface area contributed by atoms with Crippen LogP contribution in [-0.2, 0) is 9.59 Å². The second-order valence-corrected chi connectivity index (χ2v) is 6.18. The summed E-state index contributed by atoms with van der Waals surface area (Å²) in [5, 5.41) is 6.07. The van der Waals surface area contributed by atoms with Gasteiger partial charge in [0.2, 0.25) is 5.91 Å². The molecule has 0 aromatic carbocycles. The molecule has 1 atom stereocenters. The summed E-state index contributed by atoms with van der Waals surface area (Å²) < 4.78 is 0. The minimum Gasteiger partial charge on any atom is -0.345 e. The van der Waals surface area contributed by atoms with E-state index in [2.05, 4.69) is 15.5 Å². The van der Waals surface area contributed by atoms with Gasteiger partial charge in [0, 0.05) is 0 Å². The SMILES string of the molecule is CNCC1CCN(CC(=O)NC(C(C)=O)C(C)C)CC1. The highest BCUT2D eigenvalue weighted by atomic mass is 16.2. The minimum atomic E-state index is -0.357. The number of likely N-dealkylation sites (tertiary alicyclic amines) is 1. The lowest BCUT2D eigenvalue weighted by Gasteiger charge is -2.31. The van der Waals surface area contributed by atoms with Crippen LogP contribution in [-0.4, -0.2) is 55.9 Å². The molecule has 1 rings (SSSR count). The van der Waals surface area contributed by atoms with E-state index in [0.29, 0.717) is 6.54 Å². The highest BCUT2D eigenvalue weighted by Gasteiger charge is 2.24. The van der Waals surface area contributed by atoms with Crippen LogP contribution in [0.3, 0.4) is 0 Å². The molecule has 1 heterocycles. The van der Waals surface area contributed by atoms with E-state index in [0.717, 1.165) is 38.4 Å². The predicted octanol–water partition coefficient (Wildman–Crippen LogP) is 0.648. The minimum absolute atomic E-state index is 0.0288. The Morgan fingerprint density at radius 1 is 1.25 bits per heavy atom. The normalized spacial score (nSPS) is 19.1. The van der Waals surface area contributed by atoms with E-state index in [1.807, 2.05) is 20.9 Å². The number of ketones is 1. The first-order valence-electron chi connectivity index (χ1n) is 7.60. The first kappa shape index (κ1) is 17.1. The van der Waals surface area contributed by atoms with Gasteiger partial charge in [-0.25, -0.2) is 0 Å². The van der Waals surface area contributed by atoms with Gasteiger partial charge in [-0.3, -0.25) is 14.5 Å². The first-order valence-corrected chi connectivity index (χ1v) is 7.60. The molecule has 1 saturated heterocycles. The van der Waals surface area contributed by atoms with Gasteiger partial charge in [0.05, 0.1) is 12.6 Å². The zero-order valence-electron chi connectivity index (χ0n) is 13.2. The first-order chi connectivity index (χ1) is 9.43. The van der Waals surface area contributed by atoms with E-state index in [1.165, 1.54) is 6.92 Å². The monoisotopic (exact) mass is 283 g/mol. The average Bonchev–Trinajstić information content (AvgIpc) is 2.38. The van der Waals surface area contributed by atoms with Crippen LogP contribution in [0.4, 0.5) is 0 Å². The van der Waals surface area contributed by atoms with Gasteiger partial charge in [0.1, 0.15) is 0 Å². The fraction of sp³-hybridized carbons (Fsp3) is 0.867. The van der Waals surface area contributed by atoms with E-state index < -0.39 is 0 Å². The molecule has 5 nitrogen and oxygen atoms in total. The summed E-state index contributed by atoms with van der Waals surface area (Å²) in [7, 11) is 1.98.